The average molecular weight is 334 g/mol. The molecule has 0 unspecified atom stereocenters. The molecule has 2 aromatic carbocycles. The Hall–Kier alpha value is -2.62. The molecule has 4 rings (SSSR count). The molecular formula is C21H22N2O2. The third-order valence-corrected chi connectivity index (χ3v) is 5.60. The van der Waals surface area contributed by atoms with Gasteiger partial charge in [0.05, 0.1) is 11.6 Å². The molecule has 2 aliphatic rings. The van der Waals surface area contributed by atoms with Crippen LogP contribution in [0.15, 0.2) is 66.4 Å². The molecule has 1 aliphatic carbocycles. The van der Waals surface area contributed by atoms with Gasteiger partial charge in [-0.3, -0.25) is 10.1 Å². The summed E-state index contributed by atoms with van der Waals surface area (Å²) in [6, 6.07) is 20.1. The Labute approximate surface area is 147 Å². The normalized spacial score (nSPS) is 25.8. The second kappa shape index (κ2) is 6.03. The van der Waals surface area contributed by atoms with Crippen LogP contribution in [0.3, 0.4) is 0 Å². The molecule has 1 fully saturated rings. The van der Waals surface area contributed by atoms with Gasteiger partial charge in [-0.2, -0.15) is 0 Å². The van der Waals surface area contributed by atoms with Crippen molar-refractivity contribution in [3.63, 3.8) is 0 Å². The van der Waals surface area contributed by atoms with Crippen molar-refractivity contribution >= 4 is 5.57 Å². The molecule has 2 atom stereocenters. The van der Waals surface area contributed by atoms with Crippen molar-refractivity contribution in [2.24, 2.45) is 0 Å². The lowest BCUT2D eigenvalue weighted by Crippen LogP contribution is -2.56. The van der Waals surface area contributed by atoms with E-state index in [1.54, 1.807) is 6.92 Å². The topological polar surface area (TPSA) is 46.4 Å². The van der Waals surface area contributed by atoms with Gasteiger partial charge in [0.1, 0.15) is 0 Å². The lowest BCUT2D eigenvalue weighted by Gasteiger charge is -2.47. The van der Waals surface area contributed by atoms with Crippen molar-refractivity contribution < 1.29 is 4.92 Å². The Morgan fingerprint density at radius 1 is 1.00 bits per heavy atom. The molecule has 25 heavy (non-hydrogen) atoms. The minimum Gasteiger partial charge on any atom is -0.369 e. The SMILES string of the molecule is C[C@@]1([N+](=O)[O-])C(N2CCCC2)=C(c2ccccc2)[C@H]1c1ccccc1. The molecule has 0 bridgehead atoms. The quantitative estimate of drug-likeness (QED) is 0.618. The average Bonchev–Trinajstić information content (AvgIpc) is 3.14. The molecule has 4 heteroatoms. The van der Waals surface area contributed by atoms with Crippen molar-refractivity contribution in [1.29, 1.82) is 0 Å². The molecule has 1 heterocycles. The van der Waals surface area contributed by atoms with E-state index in [1.807, 2.05) is 48.5 Å². The highest BCUT2D eigenvalue weighted by Crippen LogP contribution is 2.58. The van der Waals surface area contributed by atoms with Crippen LogP contribution in [0.25, 0.3) is 5.57 Å². The fourth-order valence-corrected chi connectivity index (χ4v) is 4.43. The maximum absolute atomic E-state index is 12.2. The molecule has 4 nitrogen and oxygen atoms in total. The monoisotopic (exact) mass is 334 g/mol. The maximum atomic E-state index is 12.2. The minimum absolute atomic E-state index is 0.0786. The maximum Gasteiger partial charge on any atom is 0.269 e. The number of likely N-dealkylation sites (tertiary alicyclic amines) is 1. The molecule has 0 saturated carbocycles. The summed E-state index contributed by atoms with van der Waals surface area (Å²) in [4.78, 5) is 14.3. The van der Waals surface area contributed by atoms with Gasteiger partial charge in [-0.15, -0.1) is 0 Å². The zero-order valence-electron chi connectivity index (χ0n) is 14.4. The summed E-state index contributed by atoms with van der Waals surface area (Å²) in [6.07, 6.45) is 2.21. The molecule has 0 spiro atoms. The molecule has 0 radical (unpaired) electrons. The Bertz CT molecular complexity index is 810. The zero-order chi connectivity index (χ0) is 17.4. The molecule has 0 aromatic heterocycles. The summed E-state index contributed by atoms with van der Waals surface area (Å²) in [5.41, 5.74) is 3.07. The first-order valence-corrected chi connectivity index (χ1v) is 8.88. The van der Waals surface area contributed by atoms with E-state index in [4.69, 9.17) is 0 Å². The third-order valence-electron chi connectivity index (χ3n) is 5.60. The standard InChI is InChI=1S/C21H22N2O2/c1-21(23(24)25)19(17-12-6-3-7-13-17)18(16-10-4-2-5-11-16)20(21)22-14-8-9-15-22/h2-7,10-13,19H,8-9,14-15H2,1H3/t19-,21+/m1/s1. The van der Waals surface area contributed by atoms with E-state index in [2.05, 4.69) is 17.0 Å². The van der Waals surface area contributed by atoms with Crippen molar-refractivity contribution in [2.45, 2.75) is 31.2 Å². The first kappa shape index (κ1) is 15.9. The van der Waals surface area contributed by atoms with Gasteiger partial charge >= 0.3 is 0 Å². The number of nitro groups is 1. The van der Waals surface area contributed by atoms with Gasteiger partial charge in [0, 0.05) is 30.5 Å². The lowest BCUT2D eigenvalue weighted by atomic mass is 9.61. The van der Waals surface area contributed by atoms with E-state index < -0.39 is 5.54 Å². The number of rotatable bonds is 4. The van der Waals surface area contributed by atoms with Gasteiger partial charge in [0.25, 0.3) is 5.54 Å². The minimum atomic E-state index is -1.07. The Kier molecular flexibility index (Phi) is 3.83. The fraction of sp³-hybridized carbons (Fsp3) is 0.333. The van der Waals surface area contributed by atoms with Gasteiger partial charge < -0.3 is 4.90 Å². The molecule has 2 aromatic rings. The largest absolute Gasteiger partial charge is 0.369 e. The van der Waals surface area contributed by atoms with E-state index in [0.717, 1.165) is 48.3 Å². The lowest BCUT2D eigenvalue weighted by molar-refractivity contribution is -0.563. The Morgan fingerprint density at radius 3 is 2.12 bits per heavy atom. The van der Waals surface area contributed by atoms with E-state index in [-0.39, 0.29) is 10.8 Å². The fourth-order valence-electron chi connectivity index (χ4n) is 4.43. The van der Waals surface area contributed by atoms with Crippen molar-refractivity contribution in [3.05, 3.63) is 87.6 Å². The zero-order valence-corrected chi connectivity index (χ0v) is 14.4. The van der Waals surface area contributed by atoms with Crippen LogP contribution in [0.1, 0.15) is 36.8 Å². The van der Waals surface area contributed by atoms with E-state index in [1.165, 1.54) is 0 Å². The van der Waals surface area contributed by atoms with Crippen LogP contribution in [-0.4, -0.2) is 28.5 Å². The van der Waals surface area contributed by atoms with Gasteiger partial charge in [-0.1, -0.05) is 60.7 Å². The van der Waals surface area contributed by atoms with Crippen LogP contribution in [0.5, 0.6) is 0 Å². The van der Waals surface area contributed by atoms with E-state index in [0.29, 0.717) is 0 Å². The smallest absolute Gasteiger partial charge is 0.269 e. The Balaban J connectivity index is 1.93. The molecule has 1 aliphatic heterocycles. The second-order valence-corrected chi connectivity index (χ2v) is 7.07. The molecule has 128 valence electrons. The number of hydrogen-bond donors (Lipinski definition) is 0. The molecular weight excluding hydrogens is 312 g/mol. The van der Waals surface area contributed by atoms with Crippen LogP contribution >= 0.6 is 0 Å². The van der Waals surface area contributed by atoms with Crippen LogP contribution < -0.4 is 0 Å². The first-order valence-electron chi connectivity index (χ1n) is 8.88. The highest BCUT2D eigenvalue weighted by molar-refractivity contribution is 5.84. The summed E-state index contributed by atoms with van der Waals surface area (Å²) in [7, 11) is 0. The second-order valence-electron chi connectivity index (χ2n) is 7.07. The van der Waals surface area contributed by atoms with Gasteiger partial charge in [-0.25, -0.2) is 0 Å². The molecule has 0 N–H and O–H groups in total. The molecule has 1 saturated heterocycles. The predicted octanol–water partition coefficient (Wildman–Crippen LogP) is 4.33. The summed E-state index contributed by atoms with van der Waals surface area (Å²) in [6.45, 7) is 3.62. The number of nitrogens with zero attached hydrogens (tertiary/aromatic N) is 2. The predicted molar refractivity (Wildman–Crippen MR) is 98.8 cm³/mol. The van der Waals surface area contributed by atoms with Crippen LogP contribution in [-0.2, 0) is 0 Å². The summed E-state index contributed by atoms with van der Waals surface area (Å²) in [5.74, 6) is -0.221. The van der Waals surface area contributed by atoms with Crippen LogP contribution in [0.4, 0.5) is 0 Å². The van der Waals surface area contributed by atoms with E-state index in [9.17, 15) is 10.1 Å². The van der Waals surface area contributed by atoms with Gasteiger partial charge in [0.2, 0.25) is 0 Å². The van der Waals surface area contributed by atoms with Crippen LogP contribution in [0.2, 0.25) is 0 Å². The summed E-state index contributed by atoms with van der Waals surface area (Å²) in [5, 5.41) is 12.2. The Morgan fingerprint density at radius 2 is 1.56 bits per heavy atom. The van der Waals surface area contributed by atoms with Gasteiger partial charge in [0.15, 0.2) is 0 Å². The van der Waals surface area contributed by atoms with Gasteiger partial charge in [-0.05, 0) is 24.0 Å². The highest BCUT2D eigenvalue weighted by Gasteiger charge is 2.63. The summed E-state index contributed by atoms with van der Waals surface area (Å²) < 4.78 is 0. The number of benzene rings is 2. The summed E-state index contributed by atoms with van der Waals surface area (Å²) >= 11 is 0. The van der Waals surface area contributed by atoms with E-state index >= 15 is 0 Å². The molecule has 0 amide bonds. The highest BCUT2D eigenvalue weighted by atomic mass is 16.6. The van der Waals surface area contributed by atoms with Crippen molar-refractivity contribution in [1.82, 2.24) is 4.90 Å². The number of hydrogen-bond acceptors (Lipinski definition) is 3. The van der Waals surface area contributed by atoms with Crippen molar-refractivity contribution in [3.8, 4) is 0 Å². The van der Waals surface area contributed by atoms with Crippen LogP contribution in [0, 0.1) is 10.1 Å². The third kappa shape index (κ3) is 2.36. The van der Waals surface area contributed by atoms with Crippen molar-refractivity contribution in [2.75, 3.05) is 13.1 Å². The first-order chi connectivity index (χ1) is 12.1.